The van der Waals surface area contributed by atoms with Crippen LogP contribution in [0.3, 0.4) is 0 Å². The number of anilines is 1. The summed E-state index contributed by atoms with van der Waals surface area (Å²) in [4.78, 5) is 14.4. The lowest BCUT2D eigenvalue weighted by Gasteiger charge is -2.33. The quantitative estimate of drug-likeness (QED) is 0.857. The van der Waals surface area contributed by atoms with Gasteiger partial charge in [-0.25, -0.2) is 0 Å². The fraction of sp³-hybridized carbons (Fsp3) is 0.278. The number of hydrogen-bond donors (Lipinski definition) is 2. The molecule has 0 aliphatic carbocycles. The van der Waals surface area contributed by atoms with Gasteiger partial charge in [0.15, 0.2) is 0 Å². The zero-order valence-corrected chi connectivity index (χ0v) is 14.3. The van der Waals surface area contributed by atoms with Gasteiger partial charge in [0.05, 0.1) is 5.56 Å². The second kappa shape index (κ2) is 7.04. The number of benzene rings is 2. The van der Waals surface area contributed by atoms with Crippen LogP contribution in [0.5, 0.6) is 5.75 Å². The molecule has 1 aliphatic rings. The number of amides is 1. The molecule has 0 spiro atoms. The van der Waals surface area contributed by atoms with E-state index < -0.39 is 0 Å². The fourth-order valence-corrected chi connectivity index (χ4v) is 3.21. The Labute approximate surface area is 144 Å². The van der Waals surface area contributed by atoms with Crippen molar-refractivity contribution >= 4 is 27.5 Å². The van der Waals surface area contributed by atoms with E-state index in [4.69, 9.17) is 0 Å². The third-order valence-corrected chi connectivity index (χ3v) is 4.61. The molecule has 4 nitrogen and oxygen atoms in total. The van der Waals surface area contributed by atoms with Gasteiger partial charge in [-0.2, -0.15) is 0 Å². The number of rotatable bonds is 3. The van der Waals surface area contributed by atoms with Crippen molar-refractivity contribution in [3.05, 3.63) is 58.6 Å². The number of nitrogens with zero attached hydrogens (tertiary/aromatic N) is 1. The molecular weight excluding hydrogens is 356 g/mol. The first-order chi connectivity index (χ1) is 11.1. The first-order valence-electron chi connectivity index (χ1n) is 7.73. The number of phenolic OH excluding ortho intramolecular Hbond substituents is 1. The third-order valence-electron chi connectivity index (χ3n) is 4.12. The molecule has 3 rings (SSSR count). The summed E-state index contributed by atoms with van der Waals surface area (Å²) in [6, 6.07) is 15.4. The Morgan fingerprint density at radius 1 is 1.13 bits per heavy atom. The summed E-state index contributed by atoms with van der Waals surface area (Å²) in [6.07, 6.45) is 1.80. The average molecular weight is 375 g/mol. The monoisotopic (exact) mass is 374 g/mol. The first-order valence-corrected chi connectivity index (χ1v) is 8.52. The van der Waals surface area contributed by atoms with E-state index in [9.17, 15) is 9.90 Å². The molecule has 1 amide bonds. The van der Waals surface area contributed by atoms with Crippen LogP contribution in [0, 0.1) is 0 Å². The number of para-hydroxylation sites is 1. The van der Waals surface area contributed by atoms with Crippen molar-refractivity contribution in [3.63, 3.8) is 0 Å². The summed E-state index contributed by atoms with van der Waals surface area (Å²) >= 11 is 3.34. The van der Waals surface area contributed by atoms with Crippen LogP contribution in [0.25, 0.3) is 0 Å². The highest BCUT2D eigenvalue weighted by molar-refractivity contribution is 9.10. The Kier molecular flexibility index (Phi) is 4.86. The molecular formula is C18H19BrN2O2. The second-order valence-electron chi connectivity index (χ2n) is 5.74. The first kappa shape index (κ1) is 15.9. The summed E-state index contributed by atoms with van der Waals surface area (Å²) < 4.78 is 0.791. The van der Waals surface area contributed by atoms with Crippen LogP contribution >= 0.6 is 15.9 Å². The molecule has 2 aromatic carbocycles. The summed E-state index contributed by atoms with van der Waals surface area (Å²) in [5.41, 5.74) is 1.47. The number of phenols is 1. The van der Waals surface area contributed by atoms with Gasteiger partial charge in [-0.3, -0.25) is 4.79 Å². The van der Waals surface area contributed by atoms with Gasteiger partial charge in [0, 0.05) is 29.3 Å². The van der Waals surface area contributed by atoms with Crippen LogP contribution in [-0.2, 0) is 0 Å². The maximum Gasteiger partial charge on any atom is 0.257 e. The van der Waals surface area contributed by atoms with Crippen molar-refractivity contribution in [1.29, 1.82) is 0 Å². The Bertz CT molecular complexity index is 683. The Hall–Kier alpha value is -2.01. The molecule has 0 radical (unpaired) electrons. The van der Waals surface area contributed by atoms with E-state index in [2.05, 4.69) is 33.4 Å². The van der Waals surface area contributed by atoms with Crippen molar-refractivity contribution in [2.45, 2.75) is 18.9 Å². The molecule has 1 saturated heterocycles. The van der Waals surface area contributed by atoms with Crippen molar-refractivity contribution in [1.82, 2.24) is 4.90 Å². The van der Waals surface area contributed by atoms with E-state index in [1.807, 2.05) is 23.1 Å². The standard InChI is InChI=1S/C18H19BrN2O2/c19-13-6-7-17(22)16(12-13)18(23)21-10-8-15(9-11-21)20-14-4-2-1-3-5-14/h1-7,12,15,20,22H,8-11H2. The summed E-state index contributed by atoms with van der Waals surface area (Å²) in [6.45, 7) is 1.38. The molecule has 0 saturated carbocycles. The van der Waals surface area contributed by atoms with Gasteiger partial charge >= 0.3 is 0 Å². The highest BCUT2D eigenvalue weighted by Gasteiger charge is 2.25. The van der Waals surface area contributed by atoms with Crippen LogP contribution in [-0.4, -0.2) is 35.0 Å². The van der Waals surface area contributed by atoms with E-state index in [1.54, 1.807) is 18.2 Å². The van der Waals surface area contributed by atoms with E-state index in [0.29, 0.717) is 24.7 Å². The van der Waals surface area contributed by atoms with E-state index in [1.165, 1.54) is 0 Å². The van der Waals surface area contributed by atoms with Crippen LogP contribution in [0.2, 0.25) is 0 Å². The van der Waals surface area contributed by atoms with Gasteiger partial charge in [-0.05, 0) is 43.2 Å². The minimum Gasteiger partial charge on any atom is -0.507 e. The number of carbonyl (C=O) groups excluding carboxylic acids is 1. The normalized spacial score (nSPS) is 15.4. The predicted molar refractivity (Wildman–Crippen MR) is 94.8 cm³/mol. The molecule has 5 heteroatoms. The van der Waals surface area contributed by atoms with Crippen LogP contribution in [0.4, 0.5) is 5.69 Å². The van der Waals surface area contributed by atoms with Gasteiger partial charge in [0.1, 0.15) is 5.75 Å². The van der Waals surface area contributed by atoms with Crippen LogP contribution < -0.4 is 5.32 Å². The molecule has 0 atom stereocenters. The van der Waals surface area contributed by atoms with Gasteiger partial charge in [0.2, 0.25) is 0 Å². The van der Waals surface area contributed by atoms with Gasteiger partial charge in [0.25, 0.3) is 5.91 Å². The smallest absolute Gasteiger partial charge is 0.257 e. The largest absolute Gasteiger partial charge is 0.507 e. The number of nitrogens with one attached hydrogen (secondary N) is 1. The molecule has 0 aromatic heterocycles. The highest BCUT2D eigenvalue weighted by atomic mass is 79.9. The average Bonchev–Trinajstić information content (AvgIpc) is 2.58. The highest BCUT2D eigenvalue weighted by Crippen LogP contribution is 2.25. The topological polar surface area (TPSA) is 52.6 Å². The number of likely N-dealkylation sites (tertiary alicyclic amines) is 1. The third kappa shape index (κ3) is 3.85. The minimum absolute atomic E-state index is 0.0303. The predicted octanol–water partition coefficient (Wildman–Crippen LogP) is 3.87. The summed E-state index contributed by atoms with van der Waals surface area (Å²) in [5, 5.41) is 13.4. The van der Waals surface area contributed by atoms with Crippen molar-refractivity contribution in [2.24, 2.45) is 0 Å². The van der Waals surface area contributed by atoms with Crippen LogP contribution in [0.15, 0.2) is 53.0 Å². The maximum absolute atomic E-state index is 12.6. The second-order valence-corrected chi connectivity index (χ2v) is 6.65. The number of hydrogen-bond acceptors (Lipinski definition) is 3. The zero-order valence-electron chi connectivity index (χ0n) is 12.7. The number of halogens is 1. The molecule has 0 unspecified atom stereocenters. The lowest BCUT2D eigenvalue weighted by molar-refractivity contribution is 0.0715. The maximum atomic E-state index is 12.6. The number of aromatic hydroxyl groups is 1. The van der Waals surface area contributed by atoms with E-state index in [0.717, 1.165) is 23.0 Å². The molecule has 1 heterocycles. The molecule has 120 valence electrons. The van der Waals surface area contributed by atoms with E-state index >= 15 is 0 Å². The Morgan fingerprint density at radius 2 is 1.83 bits per heavy atom. The number of carbonyl (C=O) groups is 1. The van der Waals surface area contributed by atoms with Gasteiger partial charge in [-0.15, -0.1) is 0 Å². The Morgan fingerprint density at radius 3 is 2.52 bits per heavy atom. The zero-order chi connectivity index (χ0) is 16.2. The van der Waals surface area contributed by atoms with Crippen molar-refractivity contribution < 1.29 is 9.90 Å². The van der Waals surface area contributed by atoms with Crippen LogP contribution in [0.1, 0.15) is 23.2 Å². The SMILES string of the molecule is O=C(c1cc(Br)ccc1O)N1CCC(Nc2ccccc2)CC1. The molecule has 1 fully saturated rings. The Balaban J connectivity index is 1.60. The molecule has 1 aliphatic heterocycles. The van der Waals surface area contributed by atoms with Crippen molar-refractivity contribution in [3.8, 4) is 5.75 Å². The van der Waals surface area contributed by atoms with Gasteiger partial charge < -0.3 is 15.3 Å². The molecule has 23 heavy (non-hydrogen) atoms. The lowest BCUT2D eigenvalue weighted by Crippen LogP contribution is -2.42. The lowest BCUT2D eigenvalue weighted by atomic mass is 10.0. The van der Waals surface area contributed by atoms with E-state index in [-0.39, 0.29) is 11.7 Å². The van der Waals surface area contributed by atoms with Crippen molar-refractivity contribution in [2.75, 3.05) is 18.4 Å². The minimum atomic E-state index is -0.109. The molecule has 2 aromatic rings. The molecule has 2 N–H and O–H groups in total. The summed E-state index contributed by atoms with van der Waals surface area (Å²) in [5.74, 6) is -0.0790. The molecule has 0 bridgehead atoms. The summed E-state index contributed by atoms with van der Waals surface area (Å²) in [7, 11) is 0. The van der Waals surface area contributed by atoms with Gasteiger partial charge in [-0.1, -0.05) is 34.1 Å². The number of piperidine rings is 1. The fourth-order valence-electron chi connectivity index (χ4n) is 2.85.